The summed E-state index contributed by atoms with van der Waals surface area (Å²) in [5, 5.41) is 3.10. The summed E-state index contributed by atoms with van der Waals surface area (Å²) in [6.07, 6.45) is 2.87. The summed E-state index contributed by atoms with van der Waals surface area (Å²) in [6, 6.07) is 19.9. The van der Waals surface area contributed by atoms with Crippen LogP contribution in [0.4, 0.5) is 4.79 Å². The fraction of sp³-hybridized carbons (Fsp3) is 0.292. The lowest BCUT2D eigenvalue weighted by atomic mass is 9.99. The topological polar surface area (TPSA) is 55.7 Å². The quantitative estimate of drug-likeness (QED) is 0.678. The Hall–Kier alpha value is -3.41. The van der Waals surface area contributed by atoms with Gasteiger partial charge in [-0.1, -0.05) is 36.4 Å². The molecule has 6 nitrogen and oxygen atoms in total. The van der Waals surface area contributed by atoms with Crippen molar-refractivity contribution in [3.63, 3.8) is 0 Å². The third-order valence-electron chi connectivity index (χ3n) is 5.56. The second-order valence-corrected chi connectivity index (χ2v) is 7.30. The normalized spacial score (nSPS) is 15.4. The van der Waals surface area contributed by atoms with Gasteiger partial charge in [0, 0.05) is 31.5 Å². The van der Waals surface area contributed by atoms with Crippen LogP contribution < -0.4 is 14.8 Å². The van der Waals surface area contributed by atoms with Crippen LogP contribution in [0.1, 0.15) is 22.9 Å². The van der Waals surface area contributed by atoms with Gasteiger partial charge < -0.3 is 24.3 Å². The van der Waals surface area contributed by atoms with Crippen molar-refractivity contribution < 1.29 is 14.3 Å². The van der Waals surface area contributed by atoms with Crippen LogP contribution in [0.15, 0.2) is 66.9 Å². The Morgan fingerprint density at radius 2 is 1.80 bits per heavy atom. The fourth-order valence-electron chi connectivity index (χ4n) is 4.04. The molecule has 2 aromatic carbocycles. The minimum Gasteiger partial charge on any atom is -0.493 e. The molecule has 0 aliphatic carbocycles. The Morgan fingerprint density at radius 3 is 2.57 bits per heavy atom. The van der Waals surface area contributed by atoms with E-state index in [1.165, 1.54) is 5.56 Å². The highest BCUT2D eigenvalue weighted by atomic mass is 16.5. The van der Waals surface area contributed by atoms with Crippen molar-refractivity contribution in [1.82, 2.24) is 14.8 Å². The lowest BCUT2D eigenvalue weighted by Crippen LogP contribution is -2.47. The maximum atomic E-state index is 13.1. The molecule has 2 amide bonds. The van der Waals surface area contributed by atoms with Gasteiger partial charge in [0.1, 0.15) is 0 Å². The molecular weight excluding hydrogens is 378 g/mol. The van der Waals surface area contributed by atoms with Crippen molar-refractivity contribution in [2.24, 2.45) is 0 Å². The second-order valence-electron chi connectivity index (χ2n) is 7.30. The minimum absolute atomic E-state index is 0.0573. The van der Waals surface area contributed by atoms with E-state index in [2.05, 4.69) is 34.3 Å². The largest absolute Gasteiger partial charge is 0.493 e. The summed E-state index contributed by atoms with van der Waals surface area (Å²) in [7, 11) is 3.25. The number of benzene rings is 2. The Labute approximate surface area is 177 Å². The maximum absolute atomic E-state index is 13.1. The number of hydrogen-bond donors (Lipinski definition) is 1. The van der Waals surface area contributed by atoms with Crippen molar-refractivity contribution in [2.75, 3.05) is 27.3 Å². The number of amides is 2. The van der Waals surface area contributed by atoms with E-state index in [9.17, 15) is 4.79 Å². The lowest BCUT2D eigenvalue weighted by molar-refractivity contribution is 0.168. The molecule has 1 N–H and O–H groups in total. The standard InChI is InChI=1S/C24H27N3O3/c1-29-21-11-10-19(17-22(21)30-2)23-20-9-6-14-26(20)15-16-27(23)24(28)25-13-12-18-7-4-3-5-8-18/h3-11,14,17,23H,12-13,15-16H2,1-2H3,(H,25,28). The molecule has 1 unspecified atom stereocenters. The zero-order chi connectivity index (χ0) is 20.9. The molecule has 4 rings (SSSR count). The first-order valence-corrected chi connectivity index (χ1v) is 10.2. The predicted molar refractivity (Wildman–Crippen MR) is 116 cm³/mol. The van der Waals surface area contributed by atoms with E-state index in [1.54, 1.807) is 14.2 Å². The van der Waals surface area contributed by atoms with Gasteiger partial charge in [-0.05, 0) is 41.8 Å². The van der Waals surface area contributed by atoms with Crippen molar-refractivity contribution in [3.05, 3.63) is 83.7 Å². The van der Waals surface area contributed by atoms with Crippen LogP contribution in [0.25, 0.3) is 0 Å². The van der Waals surface area contributed by atoms with Crippen LogP contribution in [0.2, 0.25) is 0 Å². The zero-order valence-electron chi connectivity index (χ0n) is 17.4. The molecule has 3 aromatic rings. The summed E-state index contributed by atoms with van der Waals surface area (Å²) < 4.78 is 13.1. The van der Waals surface area contributed by atoms with E-state index >= 15 is 0 Å². The van der Waals surface area contributed by atoms with Gasteiger partial charge in [0.25, 0.3) is 0 Å². The van der Waals surface area contributed by atoms with E-state index in [-0.39, 0.29) is 12.1 Å². The van der Waals surface area contributed by atoms with Crippen molar-refractivity contribution >= 4 is 6.03 Å². The maximum Gasteiger partial charge on any atom is 0.318 e. The van der Waals surface area contributed by atoms with Crippen LogP contribution in [0, 0.1) is 0 Å². The molecule has 156 valence electrons. The number of aromatic nitrogens is 1. The number of ether oxygens (including phenoxy) is 2. The zero-order valence-corrected chi connectivity index (χ0v) is 17.4. The first-order chi connectivity index (χ1) is 14.7. The van der Waals surface area contributed by atoms with Gasteiger partial charge in [-0.15, -0.1) is 0 Å². The molecule has 2 heterocycles. The number of nitrogens with zero attached hydrogens (tertiary/aromatic N) is 2. The molecule has 0 spiro atoms. The monoisotopic (exact) mass is 405 g/mol. The number of nitrogens with one attached hydrogen (secondary N) is 1. The molecule has 0 bridgehead atoms. The average molecular weight is 405 g/mol. The van der Waals surface area contributed by atoms with Crippen molar-refractivity contribution in [1.29, 1.82) is 0 Å². The summed E-state index contributed by atoms with van der Waals surface area (Å²) in [4.78, 5) is 15.0. The number of carbonyl (C=O) groups excluding carboxylic acids is 1. The van der Waals surface area contributed by atoms with Crippen LogP contribution in [-0.4, -0.2) is 42.8 Å². The van der Waals surface area contributed by atoms with Gasteiger partial charge in [0.15, 0.2) is 11.5 Å². The minimum atomic E-state index is -0.190. The van der Waals surface area contributed by atoms with Crippen LogP contribution in [-0.2, 0) is 13.0 Å². The van der Waals surface area contributed by atoms with E-state index in [0.29, 0.717) is 24.6 Å². The summed E-state index contributed by atoms with van der Waals surface area (Å²) >= 11 is 0. The van der Waals surface area contributed by atoms with Gasteiger partial charge in [0.2, 0.25) is 0 Å². The van der Waals surface area contributed by atoms with Gasteiger partial charge >= 0.3 is 6.03 Å². The number of urea groups is 1. The van der Waals surface area contributed by atoms with E-state index < -0.39 is 0 Å². The SMILES string of the molecule is COc1ccc(C2c3cccn3CCN2C(=O)NCCc2ccccc2)cc1OC. The van der Waals surface area contributed by atoms with E-state index in [4.69, 9.17) is 9.47 Å². The van der Waals surface area contributed by atoms with Gasteiger partial charge in [-0.25, -0.2) is 4.79 Å². The van der Waals surface area contributed by atoms with Crippen LogP contribution in [0.3, 0.4) is 0 Å². The predicted octanol–water partition coefficient (Wildman–Crippen LogP) is 3.86. The van der Waals surface area contributed by atoms with E-state index in [1.807, 2.05) is 47.4 Å². The Kier molecular flexibility index (Phi) is 5.93. The Balaban J connectivity index is 1.56. The molecule has 1 aliphatic heterocycles. The lowest BCUT2D eigenvalue weighted by Gasteiger charge is -2.37. The molecule has 1 atom stereocenters. The molecule has 30 heavy (non-hydrogen) atoms. The van der Waals surface area contributed by atoms with Crippen molar-refractivity contribution in [3.8, 4) is 11.5 Å². The first-order valence-electron chi connectivity index (χ1n) is 10.2. The molecule has 1 aromatic heterocycles. The third kappa shape index (κ3) is 3.99. The average Bonchev–Trinajstić information content (AvgIpc) is 3.27. The highest BCUT2D eigenvalue weighted by Crippen LogP contribution is 2.37. The summed E-state index contributed by atoms with van der Waals surface area (Å²) in [5.74, 6) is 1.33. The third-order valence-corrected chi connectivity index (χ3v) is 5.56. The smallest absolute Gasteiger partial charge is 0.318 e. The van der Waals surface area contributed by atoms with Crippen molar-refractivity contribution in [2.45, 2.75) is 19.0 Å². The molecule has 0 radical (unpaired) electrons. The highest BCUT2D eigenvalue weighted by molar-refractivity contribution is 5.75. The summed E-state index contributed by atoms with van der Waals surface area (Å²) in [6.45, 7) is 2.01. The second kappa shape index (κ2) is 8.95. The Morgan fingerprint density at radius 1 is 1.00 bits per heavy atom. The molecular formula is C24H27N3O3. The summed E-state index contributed by atoms with van der Waals surface area (Å²) in [5.41, 5.74) is 3.29. The molecule has 0 saturated heterocycles. The number of hydrogen-bond acceptors (Lipinski definition) is 3. The van der Waals surface area contributed by atoms with E-state index in [0.717, 1.165) is 24.2 Å². The van der Waals surface area contributed by atoms with Crippen LogP contribution in [0.5, 0.6) is 11.5 Å². The number of methoxy groups -OCH3 is 2. The molecule has 0 fully saturated rings. The number of carbonyl (C=O) groups is 1. The number of fused-ring (bicyclic) bond motifs is 1. The number of rotatable bonds is 6. The van der Waals surface area contributed by atoms with Crippen LogP contribution >= 0.6 is 0 Å². The fourth-order valence-corrected chi connectivity index (χ4v) is 4.04. The molecule has 6 heteroatoms. The molecule has 0 saturated carbocycles. The van der Waals surface area contributed by atoms with Gasteiger partial charge in [-0.3, -0.25) is 0 Å². The van der Waals surface area contributed by atoms with Gasteiger partial charge in [-0.2, -0.15) is 0 Å². The first kappa shape index (κ1) is 19.9. The Bertz CT molecular complexity index is 1000. The van der Waals surface area contributed by atoms with Gasteiger partial charge in [0.05, 0.1) is 20.3 Å². The highest BCUT2D eigenvalue weighted by Gasteiger charge is 2.32. The molecule has 1 aliphatic rings.